The van der Waals surface area contributed by atoms with Gasteiger partial charge >= 0.3 is 5.97 Å². The molecule has 6 heteroatoms. The third kappa shape index (κ3) is 5.30. The van der Waals surface area contributed by atoms with Gasteiger partial charge in [0, 0.05) is 13.1 Å². The van der Waals surface area contributed by atoms with Crippen LogP contribution in [0, 0.1) is 0 Å². The number of nitrogens with zero attached hydrogens (tertiary/aromatic N) is 4. The Labute approximate surface area is 127 Å². The van der Waals surface area contributed by atoms with Crippen LogP contribution < -0.4 is 4.90 Å². The van der Waals surface area contributed by atoms with Crippen molar-refractivity contribution < 1.29 is 9.53 Å². The van der Waals surface area contributed by atoms with Crippen LogP contribution in [0.25, 0.3) is 0 Å². The summed E-state index contributed by atoms with van der Waals surface area (Å²) in [6.45, 7) is 11.5. The molecule has 6 nitrogen and oxygen atoms in total. The molecule has 0 aromatic carbocycles. The van der Waals surface area contributed by atoms with E-state index in [1.54, 1.807) is 6.20 Å². The van der Waals surface area contributed by atoms with E-state index in [9.17, 15) is 4.79 Å². The van der Waals surface area contributed by atoms with Crippen molar-refractivity contribution in [2.24, 2.45) is 0 Å². The molecule has 0 aliphatic rings. The average molecular weight is 294 g/mol. The van der Waals surface area contributed by atoms with Gasteiger partial charge in [0.2, 0.25) is 0 Å². The molecule has 0 unspecified atom stereocenters. The largest absolute Gasteiger partial charge is 0.464 e. The number of hydrogen-bond acceptors (Lipinski definition) is 6. The van der Waals surface area contributed by atoms with Gasteiger partial charge in [-0.1, -0.05) is 13.8 Å². The third-order valence-electron chi connectivity index (χ3n) is 3.54. The first-order chi connectivity index (χ1) is 10.2. The zero-order valence-corrected chi connectivity index (χ0v) is 13.5. The summed E-state index contributed by atoms with van der Waals surface area (Å²) in [6, 6.07) is 0. The predicted molar refractivity (Wildman–Crippen MR) is 83.7 cm³/mol. The molecule has 0 fully saturated rings. The molecule has 1 aromatic rings. The molecule has 21 heavy (non-hydrogen) atoms. The summed E-state index contributed by atoms with van der Waals surface area (Å²) < 4.78 is 4.62. The normalized spacial score (nSPS) is 10.7. The minimum Gasteiger partial charge on any atom is -0.464 e. The lowest BCUT2D eigenvalue weighted by molar-refractivity contribution is 0.0593. The van der Waals surface area contributed by atoms with E-state index in [0.29, 0.717) is 0 Å². The van der Waals surface area contributed by atoms with E-state index in [4.69, 9.17) is 0 Å². The third-order valence-corrected chi connectivity index (χ3v) is 3.54. The highest BCUT2D eigenvalue weighted by atomic mass is 16.5. The van der Waals surface area contributed by atoms with Gasteiger partial charge < -0.3 is 14.5 Å². The van der Waals surface area contributed by atoms with Crippen LogP contribution in [0.4, 0.5) is 5.82 Å². The zero-order valence-electron chi connectivity index (χ0n) is 13.5. The Kier molecular flexibility index (Phi) is 7.68. The molecule has 0 saturated carbocycles. The second-order valence-electron chi connectivity index (χ2n) is 4.71. The summed E-state index contributed by atoms with van der Waals surface area (Å²) in [5, 5.41) is 0. The van der Waals surface area contributed by atoms with Gasteiger partial charge in [-0.05, 0) is 33.0 Å². The van der Waals surface area contributed by atoms with Crippen molar-refractivity contribution in [3.05, 3.63) is 18.1 Å². The fourth-order valence-electron chi connectivity index (χ4n) is 2.15. The van der Waals surface area contributed by atoms with E-state index >= 15 is 0 Å². The van der Waals surface area contributed by atoms with Gasteiger partial charge in [0.1, 0.15) is 5.82 Å². The molecule has 118 valence electrons. The van der Waals surface area contributed by atoms with Gasteiger partial charge in [0.05, 0.1) is 19.5 Å². The Bertz CT molecular complexity index is 418. The molecule has 0 saturated heterocycles. The van der Waals surface area contributed by atoms with Crippen molar-refractivity contribution in [1.82, 2.24) is 14.9 Å². The maximum atomic E-state index is 11.3. The first-order valence-corrected chi connectivity index (χ1v) is 7.53. The smallest absolute Gasteiger partial charge is 0.358 e. The lowest BCUT2D eigenvalue weighted by Gasteiger charge is -2.24. The van der Waals surface area contributed by atoms with Crippen LogP contribution in [0.5, 0.6) is 0 Å². The van der Waals surface area contributed by atoms with Crippen LogP contribution in [-0.2, 0) is 4.74 Å². The van der Waals surface area contributed by atoms with E-state index in [0.717, 1.165) is 45.0 Å². The Morgan fingerprint density at radius 3 is 2.29 bits per heavy atom. The molecule has 0 aliphatic carbocycles. The van der Waals surface area contributed by atoms with Crippen molar-refractivity contribution in [3.63, 3.8) is 0 Å². The van der Waals surface area contributed by atoms with Gasteiger partial charge in [0.15, 0.2) is 5.69 Å². The number of anilines is 1. The number of esters is 1. The van der Waals surface area contributed by atoms with E-state index in [1.807, 2.05) is 0 Å². The first-order valence-electron chi connectivity index (χ1n) is 7.53. The summed E-state index contributed by atoms with van der Waals surface area (Å²) >= 11 is 0. The van der Waals surface area contributed by atoms with Crippen LogP contribution in [0.1, 0.15) is 37.7 Å². The summed E-state index contributed by atoms with van der Waals surface area (Å²) in [5.74, 6) is 0.336. The van der Waals surface area contributed by atoms with Crippen LogP contribution in [0.15, 0.2) is 12.4 Å². The van der Waals surface area contributed by atoms with E-state index < -0.39 is 5.97 Å². The van der Waals surface area contributed by atoms with Crippen LogP contribution >= 0.6 is 0 Å². The second kappa shape index (κ2) is 9.28. The predicted octanol–water partition coefficient (Wildman–Crippen LogP) is 1.82. The summed E-state index contributed by atoms with van der Waals surface area (Å²) in [6.07, 6.45) is 4.18. The Balaban J connectivity index is 2.57. The fourth-order valence-corrected chi connectivity index (χ4v) is 2.15. The topological polar surface area (TPSA) is 58.6 Å². The maximum absolute atomic E-state index is 11.3. The van der Waals surface area contributed by atoms with Gasteiger partial charge in [0.25, 0.3) is 0 Å². The van der Waals surface area contributed by atoms with Crippen LogP contribution in [0.2, 0.25) is 0 Å². The number of aromatic nitrogens is 2. The van der Waals surface area contributed by atoms with Crippen molar-refractivity contribution in [3.8, 4) is 0 Å². The first kappa shape index (κ1) is 17.4. The number of carbonyl (C=O) groups excluding carboxylic acids is 1. The highest BCUT2D eigenvalue weighted by molar-refractivity contribution is 5.86. The highest BCUT2D eigenvalue weighted by Gasteiger charge is 2.11. The minimum atomic E-state index is -0.460. The fraction of sp³-hybridized carbons (Fsp3) is 0.667. The van der Waals surface area contributed by atoms with E-state index in [2.05, 4.69) is 45.3 Å². The van der Waals surface area contributed by atoms with Crippen molar-refractivity contribution >= 4 is 11.8 Å². The van der Waals surface area contributed by atoms with Gasteiger partial charge in [-0.3, -0.25) is 0 Å². The molecule has 0 atom stereocenters. The number of methoxy groups -OCH3 is 1. The number of carbonyl (C=O) groups is 1. The van der Waals surface area contributed by atoms with E-state index in [1.165, 1.54) is 13.3 Å². The molecule has 0 spiro atoms. The molecule has 1 aromatic heterocycles. The Morgan fingerprint density at radius 2 is 1.81 bits per heavy atom. The van der Waals surface area contributed by atoms with Gasteiger partial charge in [-0.25, -0.2) is 14.8 Å². The van der Waals surface area contributed by atoms with Gasteiger partial charge in [-0.2, -0.15) is 0 Å². The van der Waals surface area contributed by atoms with E-state index in [-0.39, 0.29) is 5.69 Å². The molecule has 0 bridgehead atoms. The molecule has 0 N–H and O–H groups in total. The standard InChI is InChI=1S/C15H26N4O2/c1-5-18(6-2)9-8-10-19(7-3)14-12-16-13(11-17-14)15(20)21-4/h11-12H,5-10H2,1-4H3. The van der Waals surface area contributed by atoms with Crippen LogP contribution in [0.3, 0.4) is 0 Å². The number of rotatable bonds is 9. The molecular weight excluding hydrogens is 268 g/mol. The SMILES string of the molecule is CCN(CC)CCCN(CC)c1cnc(C(=O)OC)cn1. The molecule has 0 radical (unpaired) electrons. The Morgan fingerprint density at radius 1 is 1.10 bits per heavy atom. The van der Waals surface area contributed by atoms with Crippen LogP contribution in [-0.4, -0.2) is 60.7 Å². The summed E-state index contributed by atoms with van der Waals surface area (Å²) in [4.78, 5) is 24.3. The Hall–Kier alpha value is -1.69. The monoisotopic (exact) mass is 294 g/mol. The quantitative estimate of drug-likeness (QED) is 0.648. The number of hydrogen-bond donors (Lipinski definition) is 0. The minimum absolute atomic E-state index is 0.237. The van der Waals surface area contributed by atoms with Crippen molar-refractivity contribution in [2.75, 3.05) is 44.7 Å². The second-order valence-corrected chi connectivity index (χ2v) is 4.71. The lowest BCUT2D eigenvalue weighted by Crippen LogP contribution is -2.30. The summed E-state index contributed by atoms with van der Waals surface area (Å²) in [5.41, 5.74) is 0.237. The molecule has 1 heterocycles. The van der Waals surface area contributed by atoms with Crippen molar-refractivity contribution in [1.29, 1.82) is 0 Å². The van der Waals surface area contributed by atoms with Crippen molar-refractivity contribution in [2.45, 2.75) is 27.2 Å². The average Bonchev–Trinajstić information content (AvgIpc) is 2.55. The maximum Gasteiger partial charge on any atom is 0.358 e. The summed E-state index contributed by atoms with van der Waals surface area (Å²) in [7, 11) is 1.34. The molecule has 1 rings (SSSR count). The lowest BCUT2D eigenvalue weighted by atomic mass is 10.3. The van der Waals surface area contributed by atoms with Gasteiger partial charge in [-0.15, -0.1) is 0 Å². The molecular formula is C15H26N4O2. The molecule has 0 amide bonds. The zero-order chi connectivity index (χ0) is 15.7. The molecule has 0 aliphatic heterocycles. The highest BCUT2D eigenvalue weighted by Crippen LogP contribution is 2.10. The number of ether oxygens (including phenoxy) is 1.